The van der Waals surface area contributed by atoms with Crippen LogP contribution in [-0.2, 0) is 6.61 Å². The standard InChI is InChI=1S/C23H15BrFN3O5/c24-17-5-7-20(32-13-14-3-1-2-4-19(14)25)16(9-17)12-26-27-23(29)22-11-15-10-18(28(30)31)6-8-21(15)33-22/h1-12H,13H2,(H,27,29)/b26-12-. The largest absolute Gasteiger partial charge is 0.488 e. The second kappa shape index (κ2) is 9.61. The lowest BCUT2D eigenvalue weighted by molar-refractivity contribution is -0.384. The summed E-state index contributed by atoms with van der Waals surface area (Å²) in [6.07, 6.45) is 1.38. The maximum Gasteiger partial charge on any atom is 0.307 e. The molecule has 0 atom stereocenters. The number of furan rings is 1. The summed E-state index contributed by atoms with van der Waals surface area (Å²) >= 11 is 3.37. The smallest absolute Gasteiger partial charge is 0.307 e. The number of benzene rings is 3. The first kappa shape index (κ1) is 22.2. The second-order valence-electron chi connectivity index (χ2n) is 6.85. The van der Waals surface area contributed by atoms with Gasteiger partial charge < -0.3 is 9.15 Å². The number of carbonyl (C=O) groups excluding carboxylic acids is 1. The Morgan fingerprint density at radius 2 is 2.00 bits per heavy atom. The fourth-order valence-electron chi connectivity index (χ4n) is 2.99. The van der Waals surface area contributed by atoms with Crippen LogP contribution in [0.3, 0.4) is 0 Å². The molecule has 0 radical (unpaired) electrons. The van der Waals surface area contributed by atoms with Gasteiger partial charge in [-0.1, -0.05) is 34.1 Å². The molecule has 3 aromatic carbocycles. The van der Waals surface area contributed by atoms with Crippen LogP contribution in [-0.4, -0.2) is 17.0 Å². The predicted octanol–water partition coefficient (Wildman–Crippen LogP) is 5.59. The van der Waals surface area contributed by atoms with Crippen molar-refractivity contribution in [1.29, 1.82) is 0 Å². The van der Waals surface area contributed by atoms with Crippen LogP contribution in [0.2, 0.25) is 0 Å². The zero-order valence-corrected chi connectivity index (χ0v) is 18.4. The van der Waals surface area contributed by atoms with Crippen LogP contribution in [0, 0.1) is 15.9 Å². The Balaban J connectivity index is 1.47. The van der Waals surface area contributed by atoms with E-state index in [0.717, 1.165) is 4.47 Å². The van der Waals surface area contributed by atoms with Crippen molar-refractivity contribution in [3.05, 3.63) is 104 Å². The van der Waals surface area contributed by atoms with Gasteiger partial charge in [0.2, 0.25) is 0 Å². The molecule has 0 unspecified atom stereocenters. The van der Waals surface area contributed by atoms with Gasteiger partial charge in [0, 0.05) is 33.1 Å². The number of fused-ring (bicyclic) bond motifs is 1. The minimum absolute atomic E-state index is 0.0205. The maximum atomic E-state index is 13.8. The zero-order valence-electron chi connectivity index (χ0n) is 16.8. The first-order valence-corrected chi connectivity index (χ1v) is 10.4. The number of hydrogen-bond acceptors (Lipinski definition) is 6. The number of hydrogen-bond donors (Lipinski definition) is 1. The normalized spacial score (nSPS) is 11.1. The number of non-ortho nitro benzene ring substituents is 1. The highest BCUT2D eigenvalue weighted by Gasteiger charge is 2.15. The third-order valence-corrected chi connectivity index (χ3v) is 5.11. The van der Waals surface area contributed by atoms with E-state index in [-0.39, 0.29) is 23.9 Å². The van der Waals surface area contributed by atoms with E-state index in [1.165, 1.54) is 36.5 Å². The minimum Gasteiger partial charge on any atom is -0.488 e. The van der Waals surface area contributed by atoms with Crippen molar-refractivity contribution in [2.75, 3.05) is 0 Å². The number of nitrogens with one attached hydrogen (secondary N) is 1. The fourth-order valence-corrected chi connectivity index (χ4v) is 3.37. The number of nitro groups is 1. The lowest BCUT2D eigenvalue weighted by Crippen LogP contribution is -2.16. The zero-order chi connectivity index (χ0) is 23.4. The number of nitrogens with zero attached hydrogens (tertiary/aromatic N) is 2. The monoisotopic (exact) mass is 511 g/mol. The molecule has 1 aromatic heterocycles. The Bertz CT molecular complexity index is 1390. The van der Waals surface area contributed by atoms with E-state index < -0.39 is 10.8 Å². The molecule has 4 rings (SSSR count). The van der Waals surface area contributed by atoms with Crippen LogP contribution in [0.1, 0.15) is 21.7 Å². The van der Waals surface area contributed by atoms with Crippen LogP contribution in [0.25, 0.3) is 11.0 Å². The molecule has 10 heteroatoms. The molecule has 1 amide bonds. The molecule has 0 aliphatic heterocycles. The van der Waals surface area contributed by atoms with Crippen LogP contribution in [0.5, 0.6) is 5.75 Å². The van der Waals surface area contributed by atoms with E-state index in [1.54, 1.807) is 36.4 Å². The molecule has 1 heterocycles. The first-order chi connectivity index (χ1) is 15.9. The summed E-state index contributed by atoms with van der Waals surface area (Å²) in [5.74, 6) is -0.606. The van der Waals surface area contributed by atoms with E-state index in [9.17, 15) is 19.3 Å². The lowest BCUT2D eigenvalue weighted by Gasteiger charge is -2.10. The average molecular weight is 512 g/mol. The van der Waals surface area contributed by atoms with Crippen molar-refractivity contribution in [3.8, 4) is 5.75 Å². The van der Waals surface area contributed by atoms with Crippen LogP contribution < -0.4 is 10.2 Å². The molecule has 0 spiro atoms. The van der Waals surface area contributed by atoms with E-state index >= 15 is 0 Å². The van der Waals surface area contributed by atoms with Crippen molar-refractivity contribution in [1.82, 2.24) is 5.43 Å². The van der Waals surface area contributed by atoms with Gasteiger partial charge in [-0.15, -0.1) is 0 Å². The van der Waals surface area contributed by atoms with Gasteiger partial charge in [-0.3, -0.25) is 14.9 Å². The molecule has 0 saturated carbocycles. The average Bonchev–Trinajstić information content (AvgIpc) is 3.23. The summed E-state index contributed by atoms with van der Waals surface area (Å²) in [6.45, 7) is 0.0205. The van der Waals surface area contributed by atoms with E-state index in [1.807, 2.05) is 0 Å². The molecule has 4 aromatic rings. The molecule has 0 aliphatic rings. The molecular formula is C23H15BrFN3O5. The Labute approximate surface area is 194 Å². The highest BCUT2D eigenvalue weighted by atomic mass is 79.9. The minimum atomic E-state index is -0.631. The van der Waals surface area contributed by atoms with E-state index in [0.29, 0.717) is 27.8 Å². The third kappa shape index (κ3) is 5.24. The molecule has 33 heavy (non-hydrogen) atoms. The topological polar surface area (TPSA) is 107 Å². The molecular weight excluding hydrogens is 497 g/mol. The van der Waals surface area contributed by atoms with Gasteiger partial charge >= 0.3 is 5.91 Å². The number of rotatable bonds is 7. The summed E-state index contributed by atoms with van der Waals surface area (Å²) in [4.78, 5) is 22.8. The highest BCUT2D eigenvalue weighted by Crippen LogP contribution is 2.25. The summed E-state index contributed by atoms with van der Waals surface area (Å²) in [5, 5.41) is 15.3. The van der Waals surface area contributed by atoms with Gasteiger partial charge in [0.25, 0.3) is 5.69 Å². The van der Waals surface area contributed by atoms with Gasteiger partial charge in [0.05, 0.1) is 11.1 Å². The van der Waals surface area contributed by atoms with Crippen molar-refractivity contribution < 1.29 is 23.3 Å². The summed E-state index contributed by atoms with van der Waals surface area (Å²) in [6, 6.07) is 16.9. The molecule has 0 bridgehead atoms. The van der Waals surface area contributed by atoms with E-state index in [4.69, 9.17) is 9.15 Å². The predicted molar refractivity (Wildman–Crippen MR) is 123 cm³/mol. The van der Waals surface area contributed by atoms with Crippen LogP contribution in [0.4, 0.5) is 10.1 Å². The summed E-state index contributed by atoms with van der Waals surface area (Å²) in [5.41, 5.74) is 3.53. The number of carbonyl (C=O) groups is 1. The Morgan fingerprint density at radius 1 is 1.18 bits per heavy atom. The van der Waals surface area contributed by atoms with E-state index in [2.05, 4.69) is 26.5 Å². The van der Waals surface area contributed by atoms with Gasteiger partial charge in [-0.25, -0.2) is 9.82 Å². The van der Waals surface area contributed by atoms with Gasteiger partial charge in [-0.05, 0) is 36.4 Å². The van der Waals surface area contributed by atoms with Gasteiger partial charge in [-0.2, -0.15) is 5.10 Å². The Morgan fingerprint density at radius 3 is 2.79 bits per heavy atom. The SMILES string of the molecule is O=C(N/N=C\c1cc(Br)ccc1OCc1ccccc1F)c1cc2cc([N+](=O)[O-])ccc2o1. The van der Waals surface area contributed by atoms with Gasteiger partial charge in [0.15, 0.2) is 5.76 Å². The maximum absolute atomic E-state index is 13.8. The number of nitro benzene ring substituents is 1. The quantitative estimate of drug-likeness (QED) is 0.198. The van der Waals surface area contributed by atoms with Crippen LogP contribution >= 0.6 is 15.9 Å². The Kier molecular flexibility index (Phi) is 6.45. The molecule has 8 nitrogen and oxygen atoms in total. The number of halogens is 2. The first-order valence-electron chi connectivity index (χ1n) is 9.58. The summed E-state index contributed by atoms with van der Waals surface area (Å²) in [7, 11) is 0. The Hall–Kier alpha value is -4.05. The van der Waals surface area contributed by atoms with Crippen molar-refractivity contribution in [2.24, 2.45) is 5.10 Å². The number of amides is 1. The molecule has 1 N–H and O–H groups in total. The van der Waals surface area contributed by atoms with Crippen molar-refractivity contribution in [3.63, 3.8) is 0 Å². The summed E-state index contributed by atoms with van der Waals surface area (Å²) < 4.78 is 25.8. The van der Waals surface area contributed by atoms with Gasteiger partial charge in [0.1, 0.15) is 23.8 Å². The highest BCUT2D eigenvalue weighted by molar-refractivity contribution is 9.10. The van der Waals surface area contributed by atoms with Crippen LogP contribution in [0.15, 0.2) is 80.7 Å². The molecule has 0 aliphatic carbocycles. The lowest BCUT2D eigenvalue weighted by atomic mass is 10.2. The van der Waals surface area contributed by atoms with Crippen molar-refractivity contribution >= 4 is 44.7 Å². The molecule has 166 valence electrons. The molecule has 0 saturated heterocycles. The number of ether oxygens (including phenoxy) is 1. The third-order valence-electron chi connectivity index (χ3n) is 4.62. The molecule has 0 fully saturated rings. The second-order valence-corrected chi connectivity index (χ2v) is 7.77. The fraction of sp³-hybridized carbons (Fsp3) is 0.0435. The number of hydrazone groups is 1. The van der Waals surface area contributed by atoms with Crippen molar-refractivity contribution in [2.45, 2.75) is 6.61 Å².